The van der Waals surface area contributed by atoms with Crippen molar-refractivity contribution in [3.05, 3.63) is 29.3 Å². The van der Waals surface area contributed by atoms with Crippen molar-refractivity contribution < 1.29 is 24.5 Å². The molecule has 3 N–H and O–H groups in total. The van der Waals surface area contributed by atoms with Crippen molar-refractivity contribution >= 4 is 23.8 Å². The maximum atomic E-state index is 11.7. The first-order chi connectivity index (χ1) is 12.0. The van der Waals surface area contributed by atoms with Crippen LogP contribution in [0.3, 0.4) is 0 Å². The monoisotopic (exact) mass is 364 g/mol. The molecule has 0 saturated carbocycles. The van der Waals surface area contributed by atoms with Gasteiger partial charge < -0.3 is 25.2 Å². The number of nitrogens with one attached hydrogen (secondary N) is 1. The fraction of sp³-hybridized carbons (Fsp3) is 0.474. The van der Waals surface area contributed by atoms with Crippen LogP contribution >= 0.6 is 0 Å². The first-order valence-electron chi connectivity index (χ1n) is 8.50. The summed E-state index contributed by atoms with van der Waals surface area (Å²) in [5, 5.41) is 21.8. The average Bonchev–Trinajstić information content (AvgIpc) is 2.51. The van der Waals surface area contributed by atoms with E-state index in [9.17, 15) is 14.7 Å². The number of ether oxygens (including phenoxy) is 1. The number of carboxylic acid groups (broad SMARTS) is 1. The zero-order valence-electron chi connectivity index (χ0n) is 16.0. The minimum atomic E-state index is -1.03. The summed E-state index contributed by atoms with van der Waals surface area (Å²) in [5.74, 6) is -1.03. The number of benzene rings is 1. The molecule has 0 atom stereocenters. The van der Waals surface area contributed by atoms with Gasteiger partial charge in [0, 0.05) is 42.5 Å². The predicted molar refractivity (Wildman–Crippen MR) is 102 cm³/mol. The normalized spacial score (nSPS) is 11.8. The molecule has 0 aliphatic rings. The number of aliphatic carboxylic acids is 1. The SMILES string of the molecule is CCN(CCNC(=O)OC(C)(C)C)c1ccc(/C=C(\C)C(=O)O)c(O)c1. The number of anilines is 1. The lowest BCUT2D eigenvalue weighted by molar-refractivity contribution is -0.132. The summed E-state index contributed by atoms with van der Waals surface area (Å²) < 4.78 is 5.19. The topological polar surface area (TPSA) is 99.1 Å². The van der Waals surface area contributed by atoms with Gasteiger partial charge in [-0.25, -0.2) is 9.59 Å². The molecule has 7 nitrogen and oxygen atoms in total. The van der Waals surface area contributed by atoms with E-state index in [-0.39, 0.29) is 11.3 Å². The third-order valence-corrected chi connectivity index (χ3v) is 3.52. The standard InChI is InChI=1S/C19H28N2O5/c1-6-21(10-9-20-18(25)26-19(3,4)5)15-8-7-14(16(22)12-15)11-13(2)17(23)24/h7-8,11-12,22H,6,9-10H2,1-5H3,(H,20,25)(H,23,24)/b13-11+. The smallest absolute Gasteiger partial charge is 0.407 e. The third kappa shape index (κ3) is 7.04. The molecule has 7 heteroatoms. The van der Waals surface area contributed by atoms with Crippen molar-refractivity contribution in [3.63, 3.8) is 0 Å². The molecule has 0 aromatic heterocycles. The molecule has 144 valence electrons. The van der Waals surface area contributed by atoms with E-state index in [1.807, 2.05) is 11.8 Å². The van der Waals surface area contributed by atoms with Crippen LogP contribution in [0.5, 0.6) is 5.75 Å². The number of hydrogen-bond donors (Lipinski definition) is 3. The highest BCUT2D eigenvalue weighted by Gasteiger charge is 2.16. The lowest BCUT2D eigenvalue weighted by Gasteiger charge is -2.24. The van der Waals surface area contributed by atoms with E-state index in [1.54, 1.807) is 39.0 Å². The largest absolute Gasteiger partial charge is 0.507 e. The number of carbonyl (C=O) groups is 2. The zero-order valence-corrected chi connectivity index (χ0v) is 16.0. The molecule has 0 bridgehead atoms. The zero-order chi connectivity index (χ0) is 19.9. The Kier molecular flexibility index (Phi) is 7.49. The lowest BCUT2D eigenvalue weighted by Crippen LogP contribution is -2.38. The minimum Gasteiger partial charge on any atom is -0.507 e. The molecule has 1 amide bonds. The van der Waals surface area contributed by atoms with Crippen molar-refractivity contribution in [2.24, 2.45) is 0 Å². The van der Waals surface area contributed by atoms with Crippen LogP contribution in [0.2, 0.25) is 0 Å². The summed E-state index contributed by atoms with van der Waals surface area (Å²) in [6.45, 7) is 10.4. The molecule has 0 unspecified atom stereocenters. The maximum Gasteiger partial charge on any atom is 0.407 e. The van der Waals surface area contributed by atoms with Gasteiger partial charge in [0.1, 0.15) is 11.4 Å². The maximum absolute atomic E-state index is 11.7. The summed E-state index contributed by atoms with van der Waals surface area (Å²) in [5.41, 5.74) is 0.817. The van der Waals surface area contributed by atoms with Crippen molar-refractivity contribution in [2.45, 2.75) is 40.2 Å². The number of hydrogen-bond acceptors (Lipinski definition) is 5. The Hall–Kier alpha value is -2.70. The molecular weight excluding hydrogens is 336 g/mol. The average molecular weight is 364 g/mol. The summed E-state index contributed by atoms with van der Waals surface area (Å²) >= 11 is 0. The molecule has 0 spiro atoms. The highest BCUT2D eigenvalue weighted by atomic mass is 16.6. The van der Waals surface area contributed by atoms with E-state index in [1.165, 1.54) is 13.0 Å². The molecule has 1 aromatic carbocycles. The van der Waals surface area contributed by atoms with Gasteiger partial charge in [-0.1, -0.05) is 0 Å². The Balaban J connectivity index is 2.73. The lowest BCUT2D eigenvalue weighted by atomic mass is 10.1. The molecule has 1 rings (SSSR count). The molecule has 0 aliphatic heterocycles. The highest BCUT2D eigenvalue weighted by Crippen LogP contribution is 2.26. The number of phenolic OH excluding ortho intramolecular Hbond substituents is 1. The Morgan fingerprint density at radius 1 is 1.31 bits per heavy atom. The first kappa shape index (κ1) is 21.3. The van der Waals surface area contributed by atoms with Crippen LogP contribution in [0.1, 0.15) is 40.2 Å². The first-order valence-corrected chi connectivity index (χ1v) is 8.50. The van der Waals surface area contributed by atoms with Crippen molar-refractivity contribution in [3.8, 4) is 5.75 Å². The minimum absolute atomic E-state index is 0.00153. The van der Waals surface area contributed by atoms with Gasteiger partial charge in [0.2, 0.25) is 0 Å². The van der Waals surface area contributed by atoms with Gasteiger partial charge in [0.05, 0.1) is 0 Å². The van der Waals surface area contributed by atoms with E-state index < -0.39 is 17.7 Å². The highest BCUT2D eigenvalue weighted by molar-refractivity contribution is 5.92. The van der Waals surface area contributed by atoms with E-state index in [4.69, 9.17) is 9.84 Å². The third-order valence-electron chi connectivity index (χ3n) is 3.52. The van der Waals surface area contributed by atoms with Gasteiger partial charge >= 0.3 is 12.1 Å². The summed E-state index contributed by atoms with van der Waals surface area (Å²) in [6.07, 6.45) is 0.947. The number of carboxylic acids is 1. The van der Waals surface area contributed by atoms with Crippen LogP contribution in [0, 0.1) is 0 Å². The van der Waals surface area contributed by atoms with Crippen LogP contribution in [0.4, 0.5) is 10.5 Å². The number of amides is 1. The van der Waals surface area contributed by atoms with E-state index in [0.717, 1.165) is 5.69 Å². The molecular formula is C19H28N2O5. The number of carbonyl (C=O) groups excluding carboxylic acids is 1. The second-order valence-corrected chi connectivity index (χ2v) is 6.88. The van der Waals surface area contributed by atoms with E-state index in [0.29, 0.717) is 25.2 Å². The molecule has 0 saturated heterocycles. The second-order valence-electron chi connectivity index (χ2n) is 6.88. The van der Waals surface area contributed by atoms with Crippen molar-refractivity contribution in [1.29, 1.82) is 0 Å². The molecule has 0 aliphatic carbocycles. The number of nitrogens with zero attached hydrogens (tertiary/aromatic N) is 1. The molecule has 0 fully saturated rings. The number of likely N-dealkylation sites (N-methyl/N-ethyl adjacent to an activating group) is 1. The Morgan fingerprint density at radius 3 is 2.46 bits per heavy atom. The van der Waals surface area contributed by atoms with Gasteiger partial charge in [-0.3, -0.25) is 0 Å². The van der Waals surface area contributed by atoms with Crippen LogP contribution in [0.25, 0.3) is 6.08 Å². The number of alkyl carbamates (subject to hydrolysis) is 1. The van der Waals surface area contributed by atoms with Gasteiger partial charge in [0.15, 0.2) is 0 Å². The summed E-state index contributed by atoms with van der Waals surface area (Å²) in [6, 6.07) is 5.05. The molecule has 0 radical (unpaired) electrons. The van der Waals surface area contributed by atoms with Gasteiger partial charge in [-0.2, -0.15) is 0 Å². The Labute approximate surface area is 154 Å². The van der Waals surface area contributed by atoms with Crippen molar-refractivity contribution in [1.82, 2.24) is 5.32 Å². The molecule has 0 heterocycles. The Morgan fingerprint density at radius 2 is 1.96 bits per heavy atom. The number of rotatable bonds is 7. The van der Waals surface area contributed by atoms with Gasteiger partial charge in [-0.15, -0.1) is 0 Å². The number of phenols is 1. The fourth-order valence-electron chi connectivity index (χ4n) is 2.22. The van der Waals surface area contributed by atoms with E-state index >= 15 is 0 Å². The Bertz CT molecular complexity index is 677. The van der Waals surface area contributed by atoms with Crippen LogP contribution in [0.15, 0.2) is 23.8 Å². The van der Waals surface area contributed by atoms with Crippen LogP contribution in [-0.2, 0) is 9.53 Å². The summed E-state index contributed by atoms with van der Waals surface area (Å²) in [4.78, 5) is 24.5. The van der Waals surface area contributed by atoms with E-state index in [2.05, 4.69) is 5.32 Å². The van der Waals surface area contributed by atoms with Gasteiger partial charge in [-0.05, 0) is 52.8 Å². The van der Waals surface area contributed by atoms with Gasteiger partial charge in [0.25, 0.3) is 0 Å². The number of aromatic hydroxyl groups is 1. The van der Waals surface area contributed by atoms with Crippen LogP contribution in [-0.4, -0.2) is 47.5 Å². The predicted octanol–water partition coefficient (Wildman–Crippen LogP) is 3.23. The fourth-order valence-corrected chi connectivity index (χ4v) is 2.22. The quantitative estimate of drug-likeness (QED) is 0.643. The molecule has 1 aromatic rings. The van der Waals surface area contributed by atoms with Crippen molar-refractivity contribution in [2.75, 3.05) is 24.5 Å². The second kappa shape index (κ2) is 9.12. The summed E-state index contributed by atoms with van der Waals surface area (Å²) in [7, 11) is 0. The van der Waals surface area contributed by atoms with Crippen LogP contribution < -0.4 is 10.2 Å². The molecule has 26 heavy (non-hydrogen) atoms.